The van der Waals surface area contributed by atoms with E-state index in [2.05, 4.69) is 21.0 Å². The number of nitrogens with zero attached hydrogens (tertiary/aromatic N) is 2. The summed E-state index contributed by atoms with van der Waals surface area (Å²) in [6.45, 7) is 0. The fourth-order valence-corrected chi connectivity index (χ4v) is 1.59. The molecule has 0 bridgehead atoms. The SMILES string of the molecule is Cn1nc(Br)cc1C(N)CC(N)=O. The molecular formula is C7H11BrN4O. The Kier molecular flexibility index (Phi) is 3.05. The van der Waals surface area contributed by atoms with Gasteiger partial charge in [-0.05, 0) is 22.0 Å². The van der Waals surface area contributed by atoms with Crippen LogP contribution in [0.4, 0.5) is 0 Å². The van der Waals surface area contributed by atoms with Gasteiger partial charge in [0.15, 0.2) is 0 Å². The van der Waals surface area contributed by atoms with E-state index in [0.717, 1.165) is 5.69 Å². The van der Waals surface area contributed by atoms with Gasteiger partial charge >= 0.3 is 0 Å². The minimum Gasteiger partial charge on any atom is -0.370 e. The number of aromatic nitrogens is 2. The lowest BCUT2D eigenvalue weighted by Crippen LogP contribution is -2.22. The maximum absolute atomic E-state index is 10.6. The van der Waals surface area contributed by atoms with Crippen LogP contribution >= 0.6 is 15.9 Å². The molecule has 1 heterocycles. The lowest BCUT2D eigenvalue weighted by atomic mass is 10.1. The number of primary amides is 1. The Hall–Kier alpha value is -0.880. The first-order valence-corrected chi connectivity index (χ1v) is 4.53. The fourth-order valence-electron chi connectivity index (χ4n) is 1.11. The summed E-state index contributed by atoms with van der Waals surface area (Å²) in [5, 5.41) is 4.04. The molecule has 72 valence electrons. The summed E-state index contributed by atoms with van der Waals surface area (Å²) < 4.78 is 2.32. The summed E-state index contributed by atoms with van der Waals surface area (Å²) in [6, 6.07) is 1.38. The van der Waals surface area contributed by atoms with Crippen molar-refractivity contribution in [1.29, 1.82) is 0 Å². The van der Waals surface area contributed by atoms with Crippen LogP contribution in [0.25, 0.3) is 0 Å². The maximum atomic E-state index is 10.6. The minimum absolute atomic E-state index is 0.131. The highest BCUT2D eigenvalue weighted by molar-refractivity contribution is 9.10. The molecule has 0 aliphatic rings. The third kappa shape index (κ3) is 2.53. The van der Waals surface area contributed by atoms with Crippen LogP contribution in [0.15, 0.2) is 10.7 Å². The van der Waals surface area contributed by atoms with Gasteiger partial charge in [0.25, 0.3) is 0 Å². The molecule has 0 aliphatic carbocycles. The predicted octanol–water partition coefficient (Wildman–Crippen LogP) is 0.0578. The predicted molar refractivity (Wildman–Crippen MR) is 51.6 cm³/mol. The standard InChI is InChI=1S/C7H11BrN4O/c1-12-5(3-6(8)11-12)4(9)2-7(10)13/h3-4H,2,9H2,1H3,(H2,10,13). The van der Waals surface area contributed by atoms with Gasteiger partial charge in [0, 0.05) is 13.5 Å². The second-order valence-electron chi connectivity index (χ2n) is 2.79. The normalized spacial score (nSPS) is 12.8. The zero-order valence-electron chi connectivity index (χ0n) is 7.20. The molecule has 0 saturated carbocycles. The number of aryl methyl sites for hydroxylation is 1. The molecule has 1 rings (SSSR count). The lowest BCUT2D eigenvalue weighted by Gasteiger charge is -2.08. The van der Waals surface area contributed by atoms with Crippen LogP contribution in [0.1, 0.15) is 18.2 Å². The van der Waals surface area contributed by atoms with Gasteiger partial charge in [0.1, 0.15) is 4.60 Å². The molecule has 4 N–H and O–H groups in total. The number of nitrogens with two attached hydrogens (primary N) is 2. The van der Waals surface area contributed by atoms with Gasteiger partial charge in [-0.3, -0.25) is 9.48 Å². The summed E-state index contributed by atoms with van der Waals surface area (Å²) in [4.78, 5) is 10.6. The molecule has 1 aromatic rings. The average Bonchev–Trinajstić information content (AvgIpc) is 2.28. The maximum Gasteiger partial charge on any atom is 0.219 e. The zero-order valence-corrected chi connectivity index (χ0v) is 8.78. The zero-order chi connectivity index (χ0) is 10.0. The molecule has 1 unspecified atom stereocenters. The Balaban J connectivity index is 2.81. The van der Waals surface area contributed by atoms with E-state index < -0.39 is 5.91 Å². The molecule has 0 fully saturated rings. The second-order valence-corrected chi connectivity index (χ2v) is 3.60. The van der Waals surface area contributed by atoms with Gasteiger partial charge in [0.05, 0.1) is 11.7 Å². The minimum atomic E-state index is -0.412. The number of rotatable bonds is 3. The van der Waals surface area contributed by atoms with Crippen molar-refractivity contribution in [3.05, 3.63) is 16.4 Å². The van der Waals surface area contributed by atoms with Gasteiger partial charge in [-0.1, -0.05) is 0 Å². The molecule has 0 aliphatic heterocycles. The molecule has 0 saturated heterocycles. The Morgan fingerprint density at radius 1 is 1.85 bits per heavy atom. The van der Waals surface area contributed by atoms with Gasteiger partial charge in [-0.2, -0.15) is 5.10 Å². The lowest BCUT2D eigenvalue weighted by molar-refractivity contribution is -0.118. The molecule has 0 aromatic carbocycles. The van der Waals surface area contributed by atoms with Crippen molar-refractivity contribution >= 4 is 21.8 Å². The van der Waals surface area contributed by atoms with Crippen molar-refractivity contribution in [1.82, 2.24) is 9.78 Å². The third-order valence-corrected chi connectivity index (χ3v) is 2.07. The topological polar surface area (TPSA) is 86.9 Å². The number of amides is 1. The van der Waals surface area contributed by atoms with Crippen molar-refractivity contribution in [2.45, 2.75) is 12.5 Å². The van der Waals surface area contributed by atoms with Crippen LogP contribution in [0.3, 0.4) is 0 Å². The van der Waals surface area contributed by atoms with Crippen LogP contribution < -0.4 is 11.5 Å². The fraction of sp³-hybridized carbons (Fsp3) is 0.429. The largest absolute Gasteiger partial charge is 0.370 e. The van der Waals surface area contributed by atoms with Crippen LogP contribution in [-0.2, 0) is 11.8 Å². The van der Waals surface area contributed by atoms with E-state index in [1.807, 2.05) is 0 Å². The highest BCUT2D eigenvalue weighted by Gasteiger charge is 2.13. The Morgan fingerprint density at radius 3 is 2.85 bits per heavy atom. The smallest absolute Gasteiger partial charge is 0.219 e. The van der Waals surface area contributed by atoms with Crippen LogP contribution in [0.5, 0.6) is 0 Å². The molecule has 1 amide bonds. The molecule has 6 heteroatoms. The van der Waals surface area contributed by atoms with E-state index in [-0.39, 0.29) is 12.5 Å². The van der Waals surface area contributed by atoms with Crippen LogP contribution in [0, 0.1) is 0 Å². The van der Waals surface area contributed by atoms with E-state index in [1.165, 1.54) is 0 Å². The van der Waals surface area contributed by atoms with E-state index in [9.17, 15) is 4.79 Å². The number of hydrogen-bond donors (Lipinski definition) is 2. The molecule has 0 spiro atoms. The summed E-state index contributed by atoms with van der Waals surface area (Å²) in [5.74, 6) is -0.412. The number of halogens is 1. The van der Waals surface area contributed by atoms with Crippen molar-refractivity contribution < 1.29 is 4.79 Å². The van der Waals surface area contributed by atoms with E-state index in [4.69, 9.17) is 11.5 Å². The van der Waals surface area contributed by atoms with Gasteiger partial charge in [-0.25, -0.2) is 0 Å². The van der Waals surface area contributed by atoms with E-state index >= 15 is 0 Å². The Morgan fingerprint density at radius 2 is 2.46 bits per heavy atom. The van der Waals surface area contributed by atoms with Crippen molar-refractivity contribution in [2.24, 2.45) is 18.5 Å². The third-order valence-electron chi connectivity index (χ3n) is 1.69. The molecule has 0 radical (unpaired) electrons. The first kappa shape index (κ1) is 10.2. The molecule has 13 heavy (non-hydrogen) atoms. The quantitative estimate of drug-likeness (QED) is 0.791. The number of carbonyl (C=O) groups excluding carboxylic acids is 1. The first-order chi connectivity index (χ1) is 6.00. The molecule has 5 nitrogen and oxygen atoms in total. The Labute approximate surface area is 84.2 Å². The summed E-state index contributed by atoms with van der Waals surface area (Å²) in [6.07, 6.45) is 0.131. The van der Waals surface area contributed by atoms with Gasteiger partial charge in [-0.15, -0.1) is 0 Å². The average molecular weight is 247 g/mol. The van der Waals surface area contributed by atoms with Crippen LogP contribution in [-0.4, -0.2) is 15.7 Å². The Bertz CT molecular complexity index is 322. The van der Waals surface area contributed by atoms with Gasteiger partial charge < -0.3 is 11.5 Å². The molecule has 1 atom stereocenters. The molecule has 1 aromatic heterocycles. The molecular weight excluding hydrogens is 236 g/mol. The highest BCUT2D eigenvalue weighted by Crippen LogP contribution is 2.17. The second kappa shape index (κ2) is 3.89. The van der Waals surface area contributed by atoms with Crippen molar-refractivity contribution in [3.8, 4) is 0 Å². The number of carbonyl (C=O) groups is 1. The van der Waals surface area contributed by atoms with Crippen molar-refractivity contribution in [3.63, 3.8) is 0 Å². The van der Waals surface area contributed by atoms with Crippen LogP contribution in [0.2, 0.25) is 0 Å². The summed E-state index contributed by atoms with van der Waals surface area (Å²) in [5.41, 5.74) is 11.5. The number of hydrogen-bond acceptors (Lipinski definition) is 3. The van der Waals surface area contributed by atoms with Crippen molar-refractivity contribution in [2.75, 3.05) is 0 Å². The van der Waals surface area contributed by atoms with Gasteiger partial charge in [0.2, 0.25) is 5.91 Å². The van der Waals surface area contributed by atoms with E-state index in [0.29, 0.717) is 4.60 Å². The summed E-state index contributed by atoms with van der Waals surface area (Å²) in [7, 11) is 1.76. The highest BCUT2D eigenvalue weighted by atomic mass is 79.9. The summed E-state index contributed by atoms with van der Waals surface area (Å²) >= 11 is 3.21. The first-order valence-electron chi connectivity index (χ1n) is 3.74. The monoisotopic (exact) mass is 246 g/mol. The van der Waals surface area contributed by atoms with E-state index in [1.54, 1.807) is 17.8 Å².